The monoisotopic (exact) mass is 700 g/mol. The Hall–Kier alpha value is -3.63. The number of para-hydroxylation sites is 1. The first kappa shape index (κ1) is 36.6. The SMILES string of the molecule is CC(=O)O[C@H]1C(=O)[C@]2(C)C(O[Si])CC3OC[C@@]3(OC(C)=O)C2[C@H](Oc2ccccc2)[C@]2(O)C[C@H](OC(=O)[C@H](O)CNC=O)C(C)=C1C2(C)C. The van der Waals surface area contributed by atoms with Crippen LogP contribution in [0.3, 0.4) is 0 Å². The highest BCUT2D eigenvalue weighted by molar-refractivity contribution is 5.99. The minimum Gasteiger partial charge on any atom is -0.487 e. The molecule has 3 aliphatic carbocycles. The van der Waals surface area contributed by atoms with Crippen LogP contribution in [0.25, 0.3) is 0 Å². The molecule has 10 atom stereocenters. The van der Waals surface area contributed by atoms with Gasteiger partial charge < -0.3 is 43.6 Å². The van der Waals surface area contributed by atoms with Crippen molar-refractivity contribution in [1.29, 1.82) is 0 Å². The molecule has 1 amide bonds. The molecule has 0 spiro atoms. The summed E-state index contributed by atoms with van der Waals surface area (Å²) >= 11 is 0. The lowest BCUT2D eigenvalue weighted by molar-refractivity contribution is -0.342. The number of benzene rings is 1. The van der Waals surface area contributed by atoms with Crippen LogP contribution in [-0.2, 0) is 47.3 Å². The fourth-order valence-corrected chi connectivity index (χ4v) is 8.86. The van der Waals surface area contributed by atoms with Crippen molar-refractivity contribution in [2.45, 2.75) is 102 Å². The molecule has 5 rings (SSSR count). The molecule has 1 aliphatic heterocycles. The normalized spacial score (nSPS) is 36.7. The maximum absolute atomic E-state index is 15.3. The van der Waals surface area contributed by atoms with E-state index >= 15 is 4.79 Å². The van der Waals surface area contributed by atoms with Crippen molar-refractivity contribution in [3.8, 4) is 5.75 Å². The highest BCUT2D eigenvalue weighted by atomic mass is 28.2. The van der Waals surface area contributed by atoms with Crippen LogP contribution in [0.15, 0.2) is 41.5 Å². The van der Waals surface area contributed by atoms with Gasteiger partial charge in [-0.25, -0.2) is 4.79 Å². The molecule has 15 heteroatoms. The first-order valence-corrected chi connectivity index (χ1v) is 16.5. The summed E-state index contributed by atoms with van der Waals surface area (Å²) in [5.41, 5.74) is -6.21. The van der Waals surface area contributed by atoms with Crippen molar-refractivity contribution >= 4 is 40.6 Å². The topological polar surface area (TPSA) is 193 Å². The molecule has 3 fully saturated rings. The third-order valence-electron chi connectivity index (χ3n) is 11.0. The Kier molecular flexibility index (Phi) is 9.91. The van der Waals surface area contributed by atoms with E-state index < -0.39 is 94.8 Å². The molecule has 1 saturated heterocycles. The van der Waals surface area contributed by atoms with Gasteiger partial charge in [-0.1, -0.05) is 32.0 Å². The Morgan fingerprint density at radius 2 is 1.80 bits per heavy atom. The van der Waals surface area contributed by atoms with Crippen LogP contribution < -0.4 is 10.1 Å². The first-order valence-electron chi connectivity index (χ1n) is 16.1. The zero-order valence-electron chi connectivity index (χ0n) is 28.2. The van der Waals surface area contributed by atoms with Crippen molar-refractivity contribution < 1.29 is 62.3 Å². The number of Topliss-reactive ketones (excluding diaryl/α,β-unsaturated/α-hetero) is 1. The lowest BCUT2D eigenvalue weighted by Crippen LogP contribution is -2.82. The second kappa shape index (κ2) is 13.2. The third kappa shape index (κ3) is 5.78. The molecule has 1 heterocycles. The lowest BCUT2D eigenvalue weighted by atomic mass is 9.44. The van der Waals surface area contributed by atoms with Crippen LogP contribution in [-0.4, -0.2) is 112 Å². The van der Waals surface area contributed by atoms with Gasteiger partial charge in [-0.05, 0) is 37.1 Å². The summed E-state index contributed by atoms with van der Waals surface area (Å²) in [7, 11) is 3.17. The average Bonchev–Trinajstić information content (AvgIpc) is 3.03. The molecular weight excluding hydrogens is 658 g/mol. The van der Waals surface area contributed by atoms with E-state index in [1.807, 2.05) is 0 Å². The molecule has 1 aromatic carbocycles. The quantitative estimate of drug-likeness (QED) is 0.101. The van der Waals surface area contributed by atoms with E-state index in [1.54, 1.807) is 58.0 Å². The van der Waals surface area contributed by atoms with Gasteiger partial charge in [0.05, 0.1) is 30.6 Å². The van der Waals surface area contributed by atoms with Crippen LogP contribution in [0.5, 0.6) is 5.75 Å². The molecule has 49 heavy (non-hydrogen) atoms. The minimum atomic E-state index is -2.07. The molecule has 3 unspecified atom stereocenters. The van der Waals surface area contributed by atoms with Crippen molar-refractivity contribution in [3.05, 3.63) is 41.5 Å². The van der Waals surface area contributed by atoms with E-state index in [2.05, 4.69) is 15.8 Å². The minimum absolute atomic E-state index is 0.0904. The Morgan fingerprint density at radius 3 is 2.35 bits per heavy atom. The predicted molar refractivity (Wildman–Crippen MR) is 168 cm³/mol. The molecule has 4 aliphatic rings. The number of aliphatic hydroxyl groups is 2. The average molecular weight is 701 g/mol. The summed E-state index contributed by atoms with van der Waals surface area (Å²) in [4.78, 5) is 64.8. The van der Waals surface area contributed by atoms with Gasteiger partial charge in [0, 0.05) is 32.1 Å². The van der Waals surface area contributed by atoms with Crippen LogP contribution >= 0.6 is 0 Å². The smallest absolute Gasteiger partial charge is 0.337 e. The number of carbonyl (C=O) groups is 5. The number of aliphatic hydroxyl groups excluding tert-OH is 1. The zero-order valence-corrected chi connectivity index (χ0v) is 29.2. The maximum atomic E-state index is 15.3. The summed E-state index contributed by atoms with van der Waals surface area (Å²) in [6.45, 7) is 8.37. The largest absolute Gasteiger partial charge is 0.487 e. The number of amides is 1. The fraction of sp³-hybridized carbons (Fsp3) is 0.618. The predicted octanol–water partition coefficient (Wildman–Crippen LogP) is 0.640. The Balaban J connectivity index is 1.83. The van der Waals surface area contributed by atoms with Crippen molar-refractivity contribution in [1.82, 2.24) is 5.32 Å². The Bertz CT molecular complexity index is 1530. The molecular formula is C34H42NO13Si. The number of nitrogens with one attached hydrogen (secondary N) is 1. The molecule has 1 aromatic rings. The van der Waals surface area contributed by atoms with Gasteiger partial charge in [0.2, 0.25) is 16.9 Å². The molecule has 265 valence electrons. The highest BCUT2D eigenvalue weighted by Crippen LogP contribution is 2.64. The summed E-state index contributed by atoms with van der Waals surface area (Å²) in [6, 6.07) is 8.57. The molecule has 3 radical (unpaired) electrons. The number of rotatable bonds is 10. The van der Waals surface area contributed by atoms with Gasteiger partial charge in [0.25, 0.3) is 0 Å². The summed E-state index contributed by atoms with van der Waals surface area (Å²) in [6.07, 6.45) is -7.69. The molecule has 3 N–H and O–H groups in total. The third-order valence-corrected chi connectivity index (χ3v) is 11.3. The van der Waals surface area contributed by atoms with E-state index in [4.69, 9.17) is 28.1 Å². The van der Waals surface area contributed by atoms with Gasteiger partial charge in [-0.3, -0.25) is 19.2 Å². The zero-order chi connectivity index (χ0) is 36.1. The Labute approximate surface area is 287 Å². The van der Waals surface area contributed by atoms with E-state index in [9.17, 15) is 29.4 Å². The maximum Gasteiger partial charge on any atom is 0.337 e. The number of ether oxygens (including phenoxy) is 5. The number of hydrogen-bond acceptors (Lipinski definition) is 13. The molecule has 0 aromatic heterocycles. The van der Waals surface area contributed by atoms with Gasteiger partial charge in [0.15, 0.2) is 23.6 Å². The van der Waals surface area contributed by atoms with Crippen molar-refractivity contribution in [3.63, 3.8) is 0 Å². The number of esters is 3. The van der Waals surface area contributed by atoms with Crippen LogP contribution in [0.4, 0.5) is 0 Å². The van der Waals surface area contributed by atoms with E-state index in [0.717, 1.165) is 6.92 Å². The summed E-state index contributed by atoms with van der Waals surface area (Å²) < 4.78 is 36.2. The van der Waals surface area contributed by atoms with Crippen LogP contribution in [0, 0.1) is 16.7 Å². The van der Waals surface area contributed by atoms with Gasteiger partial charge in [0.1, 0.15) is 29.7 Å². The van der Waals surface area contributed by atoms with E-state index in [0.29, 0.717) is 17.7 Å². The number of fused-ring (bicyclic) bond motifs is 5. The number of carbonyl (C=O) groups excluding carboxylic acids is 5. The van der Waals surface area contributed by atoms with Gasteiger partial charge >= 0.3 is 17.9 Å². The highest BCUT2D eigenvalue weighted by Gasteiger charge is 2.78. The second-order valence-corrected chi connectivity index (χ2v) is 14.2. The van der Waals surface area contributed by atoms with Crippen LogP contribution in [0.1, 0.15) is 54.4 Å². The van der Waals surface area contributed by atoms with Gasteiger partial charge in [-0.15, -0.1) is 0 Å². The van der Waals surface area contributed by atoms with Gasteiger partial charge in [-0.2, -0.15) is 0 Å². The molecule has 2 saturated carbocycles. The number of hydrogen-bond donors (Lipinski definition) is 3. The fourth-order valence-electron chi connectivity index (χ4n) is 8.52. The number of ketones is 1. The Morgan fingerprint density at radius 1 is 1.12 bits per heavy atom. The lowest BCUT2D eigenvalue weighted by Gasteiger charge is -2.68. The first-order chi connectivity index (χ1) is 23.0. The second-order valence-electron chi connectivity index (χ2n) is 14.0. The molecule has 2 bridgehead atoms. The summed E-state index contributed by atoms with van der Waals surface area (Å²) in [5, 5.41) is 26.1. The summed E-state index contributed by atoms with van der Waals surface area (Å²) in [5.74, 6) is -4.07. The van der Waals surface area contributed by atoms with Crippen molar-refractivity contribution in [2.75, 3.05) is 13.2 Å². The molecule has 14 nitrogen and oxygen atoms in total. The standard InChI is InChI=1S/C34H42NO13Si/c1-17-22(46-30(41)21(39)14-35-16-36)13-34(42)29(45-20-10-8-7-9-11-20)27-32(6,28(40)26(44-18(2)37)25(17)31(34,4)5)23(48-49)12-24-33(27,15-43-24)47-19(3)38/h7-11,16,21-24,26-27,29,39,42H,12-15H2,1-6H3,(H,35,36)/t21-,22+,23?,24?,26-,27?,29+,32-,33+,34-/m1/s1. The van der Waals surface area contributed by atoms with Crippen molar-refractivity contribution in [2.24, 2.45) is 16.7 Å². The van der Waals surface area contributed by atoms with Crippen LogP contribution in [0.2, 0.25) is 0 Å². The van der Waals surface area contributed by atoms with E-state index in [1.165, 1.54) is 6.92 Å². The van der Waals surface area contributed by atoms with E-state index in [-0.39, 0.29) is 25.0 Å².